The van der Waals surface area contributed by atoms with Crippen molar-refractivity contribution in [2.75, 3.05) is 26.2 Å². The molecule has 1 aromatic carbocycles. The maximum Gasteiger partial charge on any atom is 0.406 e. The van der Waals surface area contributed by atoms with Crippen LogP contribution in [-0.2, 0) is 13.1 Å². The van der Waals surface area contributed by atoms with Crippen LogP contribution in [0.5, 0.6) is 0 Å². The molecule has 2 aliphatic heterocycles. The highest BCUT2D eigenvalue weighted by Crippen LogP contribution is 2.38. The van der Waals surface area contributed by atoms with Gasteiger partial charge in [-0.2, -0.15) is 13.2 Å². The van der Waals surface area contributed by atoms with Crippen molar-refractivity contribution in [1.82, 2.24) is 24.8 Å². The summed E-state index contributed by atoms with van der Waals surface area (Å²) in [6.07, 6.45) is -1.86. The van der Waals surface area contributed by atoms with Crippen molar-refractivity contribution in [1.29, 1.82) is 0 Å². The number of halogens is 4. The topological polar surface area (TPSA) is 46.0 Å². The van der Waals surface area contributed by atoms with Gasteiger partial charge in [0.05, 0.1) is 5.52 Å². The summed E-state index contributed by atoms with van der Waals surface area (Å²) in [5, 5.41) is 4.13. The van der Waals surface area contributed by atoms with Crippen LogP contribution in [0.1, 0.15) is 12.0 Å². The van der Waals surface area contributed by atoms with Crippen LogP contribution in [0.25, 0.3) is 21.9 Å². The molecule has 0 amide bonds. The molecule has 0 saturated carbocycles. The minimum absolute atomic E-state index is 0.0328. The van der Waals surface area contributed by atoms with Crippen molar-refractivity contribution < 1.29 is 13.2 Å². The van der Waals surface area contributed by atoms with E-state index in [9.17, 15) is 13.2 Å². The van der Waals surface area contributed by atoms with Crippen LogP contribution in [0.3, 0.4) is 0 Å². The molecule has 0 aliphatic carbocycles. The van der Waals surface area contributed by atoms with E-state index in [0.717, 1.165) is 38.3 Å². The Morgan fingerprint density at radius 1 is 1.21 bits per heavy atom. The van der Waals surface area contributed by atoms with Crippen molar-refractivity contribution in [2.24, 2.45) is 5.41 Å². The fourth-order valence-electron chi connectivity index (χ4n) is 4.70. The lowest BCUT2D eigenvalue weighted by molar-refractivity contribution is -0.139. The van der Waals surface area contributed by atoms with E-state index < -0.39 is 12.7 Å². The second-order valence-electron chi connectivity index (χ2n) is 7.99. The highest BCUT2D eigenvalue weighted by molar-refractivity contribution is 6.34. The van der Waals surface area contributed by atoms with Gasteiger partial charge in [0.15, 0.2) is 5.15 Å². The van der Waals surface area contributed by atoms with Gasteiger partial charge in [-0.15, -0.1) is 0 Å². The first-order chi connectivity index (χ1) is 13.3. The molecule has 1 N–H and O–H groups in total. The molecule has 5 nitrogen and oxygen atoms in total. The second kappa shape index (κ2) is 6.30. The molecule has 9 heteroatoms. The molecule has 0 bridgehead atoms. The van der Waals surface area contributed by atoms with E-state index in [1.54, 1.807) is 6.07 Å². The average Bonchev–Trinajstić information content (AvgIpc) is 3.19. The number of rotatable bonds is 3. The Bertz CT molecular complexity index is 1050. The van der Waals surface area contributed by atoms with Crippen LogP contribution < -0.4 is 5.32 Å². The van der Waals surface area contributed by atoms with Gasteiger partial charge in [-0.05, 0) is 30.7 Å². The molecule has 28 heavy (non-hydrogen) atoms. The molecule has 148 valence electrons. The molecule has 5 rings (SSSR count). The Labute approximate surface area is 164 Å². The van der Waals surface area contributed by atoms with Crippen LogP contribution in [0.2, 0.25) is 5.15 Å². The SMILES string of the molecule is FC(F)(F)Cn1c2ccc(CN3CC4(CCNC4)C3)cc2c2ncnc(Cl)c21. The molecule has 2 aromatic heterocycles. The predicted molar refractivity (Wildman–Crippen MR) is 101 cm³/mol. The third kappa shape index (κ3) is 3.03. The largest absolute Gasteiger partial charge is 0.406 e. The standard InChI is InChI=1S/C19H19ClF3N5/c20-17-16-15(25-11-26-17)13-5-12(1-2-14(13)28(16)10-19(21,22)23)6-27-8-18(9-27)3-4-24-7-18/h1-2,5,11,24H,3-4,6-10H2. The summed E-state index contributed by atoms with van der Waals surface area (Å²) >= 11 is 6.13. The molecule has 2 aliphatic rings. The van der Waals surface area contributed by atoms with E-state index in [1.165, 1.54) is 17.3 Å². The lowest BCUT2D eigenvalue weighted by Gasteiger charge is -2.48. The Morgan fingerprint density at radius 2 is 2.04 bits per heavy atom. The first-order valence-electron chi connectivity index (χ1n) is 9.25. The molecule has 0 unspecified atom stereocenters. The highest BCUT2D eigenvalue weighted by atomic mass is 35.5. The van der Waals surface area contributed by atoms with Gasteiger partial charge in [0.1, 0.15) is 23.9 Å². The summed E-state index contributed by atoms with van der Waals surface area (Å²) in [7, 11) is 0. The van der Waals surface area contributed by atoms with Crippen LogP contribution in [-0.4, -0.2) is 51.8 Å². The summed E-state index contributed by atoms with van der Waals surface area (Å²) in [5.74, 6) is 0. The van der Waals surface area contributed by atoms with Crippen LogP contribution >= 0.6 is 11.6 Å². The second-order valence-corrected chi connectivity index (χ2v) is 8.34. The molecule has 0 atom stereocenters. The predicted octanol–water partition coefficient (Wildman–Crippen LogP) is 3.60. The minimum Gasteiger partial charge on any atom is -0.327 e. The maximum absolute atomic E-state index is 13.1. The first kappa shape index (κ1) is 18.1. The maximum atomic E-state index is 13.1. The number of hydrogen-bond acceptors (Lipinski definition) is 4. The van der Waals surface area contributed by atoms with Crippen LogP contribution in [0.4, 0.5) is 13.2 Å². The van der Waals surface area contributed by atoms with Gasteiger partial charge < -0.3 is 9.88 Å². The zero-order chi connectivity index (χ0) is 19.5. The third-order valence-corrected chi connectivity index (χ3v) is 6.12. The molecule has 4 heterocycles. The number of likely N-dealkylation sites (tertiary alicyclic amines) is 1. The zero-order valence-corrected chi connectivity index (χ0v) is 15.8. The third-order valence-electron chi connectivity index (χ3n) is 5.85. The van der Waals surface area contributed by atoms with Gasteiger partial charge >= 0.3 is 6.18 Å². The summed E-state index contributed by atoms with van der Waals surface area (Å²) < 4.78 is 40.6. The number of hydrogen-bond donors (Lipinski definition) is 1. The Hall–Kier alpha value is -1.90. The molecule has 0 radical (unpaired) electrons. The zero-order valence-electron chi connectivity index (χ0n) is 15.1. The summed E-state index contributed by atoms with van der Waals surface area (Å²) in [6, 6.07) is 5.57. The van der Waals surface area contributed by atoms with E-state index in [0.29, 0.717) is 21.8 Å². The van der Waals surface area contributed by atoms with Gasteiger partial charge in [-0.25, -0.2) is 9.97 Å². The molecule has 3 aromatic rings. The molecule has 1 spiro atoms. The van der Waals surface area contributed by atoms with Crippen molar-refractivity contribution in [3.05, 3.63) is 35.2 Å². The number of nitrogens with one attached hydrogen (secondary N) is 1. The number of aromatic nitrogens is 3. The molecular formula is C19H19ClF3N5. The molecular weight excluding hydrogens is 391 g/mol. The van der Waals surface area contributed by atoms with E-state index in [-0.39, 0.29) is 10.7 Å². The fraction of sp³-hybridized carbons (Fsp3) is 0.474. The van der Waals surface area contributed by atoms with Gasteiger partial charge in [0.2, 0.25) is 0 Å². The van der Waals surface area contributed by atoms with E-state index in [1.807, 2.05) is 12.1 Å². The van der Waals surface area contributed by atoms with Crippen molar-refractivity contribution in [2.45, 2.75) is 25.7 Å². The van der Waals surface area contributed by atoms with Crippen molar-refractivity contribution in [3.8, 4) is 0 Å². The average molecular weight is 410 g/mol. The Morgan fingerprint density at radius 3 is 2.75 bits per heavy atom. The van der Waals surface area contributed by atoms with Crippen LogP contribution in [0.15, 0.2) is 24.5 Å². The monoisotopic (exact) mass is 409 g/mol. The van der Waals surface area contributed by atoms with E-state index in [2.05, 4.69) is 20.2 Å². The normalized spacial score (nSPS) is 19.7. The fourth-order valence-corrected chi connectivity index (χ4v) is 4.94. The Kier molecular flexibility index (Phi) is 4.08. The number of nitrogens with zero attached hydrogens (tertiary/aromatic N) is 4. The lowest BCUT2D eigenvalue weighted by Crippen LogP contribution is -2.56. The summed E-state index contributed by atoms with van der Waals surface area (Å²) in [5.41, 5.74) is 2.63. The number of fused-ring (bicyclic) bond motifs is 3. The van der Waals surface area contributed by atoms with Crippen molar-refractivity contribution >= 4 is 33.5 Å². The lowest BCUT2D eigenvalue weighted by atomic mass is 9.79. The van der Waals surface area contributed by atoms with Crippen LogP contribution in [0, 0.1) is 5.41 Å². The van der Waals surface area contributed by atoms with Gasteiger partial charge in [0.25, 0.3) is 0 Å². The number of benzene rings is 1. The van der Waals surface area contributed by atoms with Gasteiger partial charge in [0, 0.05) is 37.0 Å². The van der Waals surface area contributed by atoms with E-state index >= 15 is 0 Å². The number of alkyl halides is 3. The highest BCUT2D eigenvalue weighted by Gasteiger charge is 2.44. The minimum atomic E-state index is -4.36. The van der Waals surface area contributed by atoms with Gasteiger partial charge in [-0.1, -0.05) is 17.7 Å². The Balaban J connectivity index is 1.51. The first-order valence-corrected chi connectivity index (χ1v) is 9.63. The molecule has 2 saturated heterocycles. The summed E-state index contributed by atoms with van der Waals surface area (Å²) in [6.45, 7) is 3.93. The van der Waals surface area contributed by atoms with E-state index in [4.69, 9.17) is 11.6 Å². The van der Waals surface area contributed by atoms with Crippen molar-refractivity contribution in [3.63, 3.8) is 0 Å². The molecule has 2 fully saturated rings. The summed E-state index contributed by atoms with van der Waals surface area (Å²) in [4.78, 5) is 10.5. The smallest absolute Gasteiger partial charge is 0.327 e. The quantitative estimate of drug-likeness (QED) is 0.671. The van der Waals surface area contributed by atoms with Gasteiger partial charge in [-0.3, -0.25) is 4.90 Å².